The Kier molecular flexibility index (Phi) is 4.15. The lowest BCUT2D eigenvalue weighted by molar-refractivity contribution is -0.123. The van der Waals surface area contributed by atoms with Crippen molar-refractivity contribution in [3.05, 3.63) is 41.1 Å². The molecule has 2 heterocycles. The van der Waals surface area contributed by atoms with Gasteiger partial charge in [0.15, 0.2) is 0 Å². The van der Waals surface area contributed by atoms with Gasteiger partial charge in [0.25, 0.3) is 0 Å². The Morgan fingerprint density at radius 3 is 2.91 bits per heavy atom. The first-order valence-corrected chi connectivity index (χ1v) is 8.68. The van der Waals surface area contributed by atoms with Crippen LogP contribution < -0.4 is 5.32 Å². The van der Waals surface area contributed by atoms with Gasteiger partial charge in [-0.3, -0.25) is 4.79 Å². The maximum absolute atomic E-state index is 12.4. The zero-order chi connectivity index (χ0) is 16.6. The van der Waals surface area contributed by atoms with E-state index >= 15 is 0 Å². The second-order valence-electron chi connectivity index (χ2n) is 6.91. The third kappa shape index (κ3) is 3.24. The van der Waals surface area contributed by atoms with Crippen LogP contribution in [0.4, 0.5) is 0 Å². The Labute approximate surface area is 140 Å². The second-order valence-corrected chi connectivity index (χ2v) is 7.86. The van der Waals surface area contributed by atoms with E-state index in [1.54, 1.807) is 17.6 Å². The van der Waals surface area contributed by atoms with Gasteiger partial charge in [-0.2, -0.15) is 0 Å². The molecule has 1 amide bonds. The minimum atomic E-state index is 0.0350. The molecular formula is C18H22N2O2S. The molecule has 1 aliphatic rings. The molecule has 1 N–H and O–H groups in total. The quantitative estimate of drug-likeness (QED) is 0.834. The molecule has 4 nitrogen and oxygen atoms in total. The van der Waals surface area contributed by atoms with Crippen LogP contribution in [0.2, 0.25) is 0 Å². The average molecular weight is 330 g/mol. The molecule has 1 saturated carbocycles. The fourth-order valence-corrected chi connectivity index (χ4v) is 3.69. The minimum absolute atomic E-state index is 0.0350. The summed E-state index contributed by atoms with van der Waals surface area (Å²) in [5.41, 5.74) is 2.04. The van der Waals surface area contributed by atoms with Gasteiger partial charge in [-0.05, 0) is 36.6 Å². The Balaban J connectivity index is 1.59. The lowest BCUT2D eigenvalue weighted by atomic mass is 10.1. The van der Waals surface area contributed by atoms with Crippen molar-refractivity contribution in [2.45, 2.75) is 34.2 Å². The van der Waals surface area contributed by atoms with E-state index in [9.17, 15) is 4.79 Å². The van der Waals surface area contributed by atoms with Crippen molar-refractivity contribution in [3.63, 3.8) is 0 Å². The number of thiophene rings is 1. The summed E-state index contributed by atoms with van der Waals surface area (Å²) < 4.78 is 5.47. The summed E-state index contributed by atoms with van der Waals surface area (Å²) in [6, 6.07) is 3.93. The number of hydrogen-bond donors (Lipinski definition) is 1. The van der Waals surface area contributed by atoms with E-state index in [0.29, 0.717) is 18.4 Å². The van der Waals surface area contributed by atoms with Crippen molar-refractivity contribution in [3.8, 4) is 10.8 Å². The van der Waals surface area contributed by atoms with Gasteiger partial charge in [0, 0.05) is 0 Å². The molecule has 0 aliphatic heterocycles. The fourth-order valence-electron chi connectivity index (χ4n) is 3.04. The number of carbonyl (C=O) groups excluding carboxylic acids is 1. The maximum Gasteiger partial charge on any atom is 0.236 e. The van der Waals surface area contributed by atoms with E-state index in [1.807, 2.05) is 17.5 Å². The largest absolute Gasteiger partial charge is 0.443 e. The normalized spacial score (nSPS) is 21.7. The number of allylic oxidation sites excluding steroid dienone is 2. The molecule has 0 bridgehead atoms. The van der Waals surface area contributed by atoms with E-state index in [1.165, 1.54) is 5.57 Å². The molecular weight excluding hydrogens is 308 g/mol. The monoisotopic (exact) mass is 330 g/mol. The summed E-state index contributed by atoms with van der Waals surface area (Å²) >= 11 is 1.58. The van der Waals surface area contributed by atoms with E-state index in [4.69, 9.17) is 4.42 Å². The summed E-state index contributed by atoms with van der Waals surface area (Å²) in [6.45, 7) is 8.84. The van der Waals surface area contributed by atoms with Crippen LogP contribution in [0, 0.1) is 17.3 Å². The minimum Gasteiger partial charge on any atom is -0.443 e. The number of amides is 1. The molecule has 3 rings (SSSR count). The van der Waals surface area contributed by atoms with Crippen LogP contribution in [-0.2, 0) is 11.3 Å². The molecule has 23 heavy (non-hydrogen) atoms. The highest BCUT2D eigenvalue weighted by molar-refractivity contribution is 7.13. The third-order valence-corrected chi connectivity index (χ3v) is 5.29. The molecule has 2 atom stereocenters. The van der Waals surface area contributed by atoms with Gasteiger partial charge in [-0.1, -0.05) is 31.6 Å². The van der Waals surface area contributed by atoms with Crippen molar-refractivity contribution in [2.75, 3.05) is 0 Å². The molecule has 1 fully saturated rings. The zero-order valence-electron chi connectivity index (χ0n) is 13.9. The van der Waals surface area contributed by atoms with Crippen molar-refractivity contribution in [1.82, 2.24) is 10.3 Å². The first kappa shape index (κ1) is 16.0. The molecule has 2 unspecified atom stereocenters. The Hall–Kier alpha value is -1.88. The first-order valence-electron chi connectivity index (χ1n) is 7.80. The molecule has 0 radical (unpaired) electrons. The number of nitrogens with zero attached hydrogens (tertiary/aromatic N) is 1. The van der Waals surface area contributed by atoms with Gasteiger partial charge in [-0.15, -0.1) is 11.3 Å². The van der Waals surface area contributed by atoms with Crippen LogP contribution in [-0.4, -0.2) is 10.9 Å². The second kappa shape index (κ2) is 5.96. The summed E-state index contributed by atoms with van der Waals surface area (Å²) in [4.78, 5) is 17.8. The summed E-state index contributed by atoms with van der Waals surface area (Å²) in [5, 5.41) is 4.98. The standard InChI is InChI=1S/C18H22N2O2S/c1-11(2)8-13-15(18(13,3)4)16(21)19-9-12-10-22-17(20-12)14-6-5-7-23-14/h5-8,10,13,15H,9H2,1-4H3,(H,19,21). The molecule has 2 aromatic rings. The van der Waals surface area contributed by atoms with E-state index in [-0.39, 0.29) is 17.2 Å². The molecule has 0 saturated heterocycles. The molecule has 1 aliphatic carbocycles. The smallest absolute Gasteiger partial charge is 0.236 e. The van der Waals surface area contributed by atoms with Crippen LogP contribution in [0.15, 0.2) is 39.8 Å². The Morgan fingerprint density at radius 2 is 2.26 bits per heavy atom. The highest BCUT2D eigenvalue weighted by Gasteiger charge is 2.60. The number of oxazole rings is 1. The van der Waals surface area contributed by atoms with Gasteiger partial charge >= 0.3 is 0 Å². The van der Waals surface area contributed by atoms with Crippen LogP contribution in [0.5, 0.6) is 0 Å². The van der Waals surface area contributed by atoms with E-state index < -0.39 is 0 Å². The number of aromatic nitrogens is 1. The number of rotatable bonds is 5. The highest BCUT2D eigenvalue weighted by atomic mass is 32.1. The molecule has 0 aromatic carbocycles. The molecule has 0 spiro atoms. The van der Waals surface area contributed by atoms with Crippen molar-refractivity contribution in [2.24, 2.45) is 17.3 Å². The first-order chi connectivity index (χ1) is 10.9. The van der Waals surface area contributed by atoms with Crippen molar-refractivity contribution >= 4 is 17.2 Å². The predicted octanol–water partition coefficient (Wildman–Crippen LogP) is 4.26. The summed E-state index contributed by atoms with van der Waals surface area (Å²) in [5.74, 6) is 1.07. The topological polar surface area (TPSA) is 55.1 Å². The van der Waals surface area contributed by atoms with Crippen LogP contribution in [0.3, 0.4) is 0 Å². The van der Waals surface area contributed by atoms with E-state index in [2.05, 4.69) is 44.1 Å². The highest BCUT2D eigenvalue weighted by Crippen LogP contribution is 2.59. The van der Waals surface area contributed by atoms with Gasteiger partial charge in [0.2, 0.25) is 11.8 Å². The number of carbonyl (C=O) groups is 1. The maximum atomic E-state index is 12.4. The lowest BCUT2D eigenvalue weighted by Crippen LogP contribution is -2.26. The SMILES string of the molecule is CC(C)=CC1C(C(=O)NCc2coc(-c3cccs3)n2)C1(C)C. The fraction of sp³-hybridized carbons (Fsp3) is 0.444. The Morgan fingerprint density at radius 1 is 1.48 bits per heavy atom. The number of nitrogens with one attached hydrogen (secondary N) is 1. The average Bonchev–Trinajstić information content (AvgIpc) is 2.96. The zero-order valence-corrected chi connectivity index (χ0v) is 14.7. The van der Waals surface area contributed by atoms with Crippen molar-refractivity contribution in [1.29, 1.82) is 0 Å². The van der Waals surface area contributed by atoms with Crippen molar-refractivity contribution < 1.29 is 9.21 Å². The van der Waals surface area contributed by atoms with Gasteiger partial charge in [0.1, 0.15) is 6.26 Å². The Bertz CT molecular complexity index is 724. The molecule has 2 aromatic heterocycles. The summed E-state index contributed by atoms with van der Waals surface area (Å²) in [7, 11) is 0. The summed E-state index contributed by atoms with van der Waals surface area (Å²) in [6.07, 6.45) is 3.82. The predicted molar refractivity (Wildman–Crippen MR) is 91.9 cm³/mol. The van der Waals surface area contributed by atoms with Gasteiger partial charge in [-0.25, -0.2) is 4.98 Å². The number of hydrogen-bond acceptors (Lipinski definition) is 4. The van der Waals surface area contributed by atoms with Gasteiger partial charge < -0.3 is 9.73 Å². The third-order valence-electron chi connectivity index (χ3n) is 4.43. The van der Waals surface area contributed by atoms with Crippen LogP contribution in [0.25, 0.3) is 10.8 Å². The van der Waals surface area contributed by atoms with Gasteiger partial charge in [0.05, 0.1) is 23.0 Å². The molecule has 122 valence electrons. The molecule has 5 heteroatoms. The van der Waals surface area contributed by atoms with E-state index in [0.717, 1.165) is 10.6 Å². The van der Waals surface area contributed by atoms with Crippen LogP contribution >= 0.6 is 11.3 Å². The lowest BCUT2D eigenvalue weighted by Gasteiger charge is -2.03. The van der Waals surface area contributed by atoms with Crippen LogP contribution in [0.1, 0.15) is 33.4 Å².